The van der Waals surface area contributed by atoms with E-state index in [1.54, 1.807) is 42.5 Å². The molecule has 0 unspecified atom stereocenters. The summed E-state index contributed by atoms with van der Waals surface area (Å²) in [6.07, 6.45) is 6.97. The molecule has 158 valence electrons. The number of hydrogen-bond acceptors (Lipinski definition) is 7. The fourth-order valence-electron chi connectivity index (χ4n) is 2.62. The highest BCUT2D eigenvalue weighted by Crippen LogP contribution is 2.38. The molecule has 1 N–H and O–H groups in total. The number of terminal acetylenes is 1. The number of carbonyl (C=O) groups excluding carboxylic acids is 2. The predicted molar refractivity (Wildman–Crippen MR) is 124 cm³/mol. The maximum Gasteiger partial charge on any atom is 0.337 e. The van der Waals surface area contributed by atoms with Crippen LogP contribution in [0.5, 0.6) is 11.5 Å². The number of ether oxygens (including phenoxy) is 3. The van der Waals surface area contributed by atoms with E-state index in [1.807, 2.05) is 0 Å². The number of amides is 1. The van der Waals surface area contributed by atoms with Crippen molar-refractivity contribution in [3.63, 3.8) is 0 Å². The van der Waals surface area contributed by atoms with Gasteiger partial charge in [-0.05, 0) is 75.7 Å². The van der Waals surface area contributed by atoms with E-state index >= 15 is 0 Å². The zero-order valence-corrected chi connectivity index (χ0v) is 19.0. The number of hydrogen-bond donors (Lipinski definition) is 1. The van der Waals surface area contributed by atoms with Crippen molar-refractivity contribution in [1.29, 1.82) is 0 Å². The van der Waals surface area contributed by atoms with E-state index in [-0.39, 0.29) is 12.5 Å². The molecule has 1 saturated heterocycles. The predicted octanol–water partition coefficient (Wildman–Crippen LogP) is 4.15. The molecule has 2 aromatic carbocycles. The molecule has 9 heteroatoms. The molecule has 31 heavy (non-hydrogen) atoms. The van der Waals surface area contributed by atoms with Crippen LogP contribution >= 0.6 is 27.7 Å². The van der Waals surface area contributed by atoms with Crippen LogP contribution in [0.4, 0.5) is 5.69 Å². The van der Waals surface area contributed by atoms with Gasteiger partial charge in [-0.3, -0.25) is 4.79 Å². The summed E-state index contributed by atoms with van der Waals surface area (Å²) in [5.41, 5.74) is 1.75. The molecule has 1 amide bonds. The van der Waals surface area contributed by atoms with Crippen LogP contribution in [0.1, 0.15) is 15.9 Å². The SMILES string of the molecule is C#CCOc1c(Br)cc(/C=C2\SC(=Nc3ccc(C(=O)OC)cc3)NC2=O)cc1OC. The molecule has 0 atom stereocenters. The van der Waals surface area contributed by atoms with Gasteiger partial charge in [-0.15, -0.1) is 6.42 Å². The van der Waals surface area contributed by atoms with Gasteiger partial charge in [-0.25, -0.2) is 9.79 Å². The highest BCUT2D eigenvalue weighted by molar-refractivity contribution is 9.10. The summed E-state index contributed by atoms with van der Waals surface area (Å²) in [6, 6.07) is 10.1. The van der Waals surface area contributed by atoms with Crippen LogP contribution in [0.25, 0.3) is 6.08 Å². The van der Waals surface area contributed by atoms with Crippen molar-refractivity contribution < 1.29 is 23.8 Å². The Bertz CT molecular complexity index is 1120. The first-order chi connectivity index (χ1) is 14.9. The summed E-state index contributed by atoms with van der Waals surface area (Å²) in [7, 11) is 2.84. The third kappa shape index (κ3) is 5.48. The summed E-state index contributed by atoms with van der Waals surface area (Å²) in [5.74, 6) is 2.69. The van der Waals surface area contributed by atoms with Crippen LogP contribution < -0.4 is 14.8 Å². The van der Waals surface area contributed by atoms with Gasteiger partial charge in [0.15, 0.2) is 16.7 Å². The van der Waals surface area contributed by atoms with Crippen LogP contribution in [0.2, 0.25) is 0 Å². The van der Waals surface area contributed by atoms with Crippen molar-refractivity contribution in [3.05, 3.63) is 56.9 Å². The van der Waals surface area contributed by atoms with Gasteiger partial charge in [-0.2, -0.15) is 0 Å². The van der Waals surface area contributed by atoms with Gasteiger partial charge in [0.1, 0.15) is 6.61 Å². The molecule has 0 radical (unpaired) electrons. The van der Waals surface area contributed by atoms with Crippen molar-refractivity contribution in [2.24, 2.45) is 4.99 Å². The second-order valence-electron chi connectivity index (χ2n) is 6.05. The van der Waals surface area contributed by atoms with Crippen molar-refractivity contribution in [2.45, 2.75) is 0 Å². The molecular formula is C22H17BrN2O5S. The van der Waals surface area contributed by atoms with Gasteiger partial charge in [0.25, 0.3) is 5.91 Å². The number of nitrogens with zero attached hydrogens (tertiary/aromatic N) is 1. The van der Waals surface area contributed by atoms with Gasteiger partial charge in [-0.1, -0.05) is 5.92 Å². The van der Waals surface area contributed by atoms with Crippen LogP contribution in [0.3, 0.4) is 0 Å². The number of esters is 1. The van der Waals surface area contributed by atoms with Gasteiger partial charge in [0.05, 0.1) is 34.8 Å². The van der Waals surface area contributed by atoms with E-state index in [1.165, 1.54) is 26.0 Å². The van der Waals surface area contributed by atoms with Gasteiger partial charge in [0.2, 0.25) is 0 Å². The van der Waals surface area contributed by atoms with Crippen molar-refractivity contribution in [3.8, 4) is 23.8 Å². The largest absolute Gasteiger partial charge is 0.493 e. The molecule has 7 nitrogen and oxygen atoms in total. The van der Waals surface area contributed by atoms with Crippen molar-refractivity contribution in [2.75, 3.05) is 20.8 Å². The standard InChI is InChI=1S/C22H17BrN2O5S/c1-4-9-30-19-16(23)10-13(11-17(19)28-2)12-18-20(26)25-22(31-18)24-15-7-5-14(6-8-15)21(27)29-3/h1,5-8,10-12H,9H2,2-3H3,(H,24,25,26)/b18-12-. The first kappa shape index (κ1) is 22.5. The summed E-state index contributed by atoms with van der Waals surface area (Å²) in [4.78, 5) is 28.8. The van der Waals surface area contributed by atoms with Gasteiger partial charge in [0, 0.05) is 0 Å². The molecule has 1 heterocycles. The lowest BCUT2D eigenvalue weighted by Gasteiger charge is -2.12. The average molecular weight is 501 g/mol. The minimum atomic E-state index is -0.426. The number of aliphatic imine (C=N–C) groups is 1. The molecule has 1 aliphatic heterocycles. The highest BCUT2D eigenvalue weighted by Gasteiger charge is 2.24. The number of amidine groups is 1. The summed E-state index contributed by atoms with van der Waals surface area (Å²) in [6.45, 7) is 0.105. The Morgan fingerprint density at radius 3 is 2.68 bits per heavy atom. The zero-order valence-electron chi connectivity index (χ0n) is 16.6. The average Bonchev–Trinajstić information content (AvgIpc) is 3.11. The second-order valence-corrected chi connectivity index (χ2v) is 7.93. The summed E-state index contributed by atoms with van der Waals surface area (Å²) >= 11 is 4.65. The molecule has 1 fully saturated rings. The minimum Gasteiger partial charge on any atom is -0.493 e. The third-order valence-corrected chi connectivity index (χ3v) is 5.52. The molecule has 0 saturated carbocycles. The number of thioether (sulfide) groups is 1. The number of nitrogens with one attached hydrogen (secondary N) is 1. The number of rotatable bonds is 6. The molecule has 0 aromatic heterocycles. The lowest BCUT2D eigenvalue weighted by Crippen LogP contribution is -2.19. The Labute approximate surface area is 192 Å². The van der Waals surface area contributed by atoms with E-state index in [4.69, 9.17) is 15.9 Å². The Hall–Kier alpha value is -3.22. The maximum atomic E-state index is 12.4. The van der Waals surface area contributed by atoms with Gasteiger partial charge >= 0.3 is 5.97 Å². The quantitative estimate of drug-likeness (QED) is 0.364. The Kier molecular flexibility index (Phi) is 7.39. The fourth-order valence-corrected chi connectivity index (χ4v) is 4.03. The number of carbonyl (C=O) groups is 2. The van der Waals surface area contributed by atoms with E-state index < -0.39 is 5.97 Å². The molecule has 0 aliphatic carbocycles. The molecule has 0 spiro atoms. The van der Waals surface area contributed by atoms with Gasteiger partial charge < -0.3 is 19.5 Å². The Morgan fingerprint density at radius 2 is 2.03 bits per heavy atom. The number of halogens is 1. The van der Waals surface area contributed by atoms with Crippen molar-refractivity contribution in [1.82, 2.24) is 5.32 Å². The lowest BCUT2D eigenvalue weighted by molar-refractivity contribution is -0.115. The van der Waals surface area contributed by atoms with Crippen LogP contribution in [0.15, 0.2) is 50.8 Å². The van der Waals surface area contributed by atoms with E-state index in [2.05, 4.69) is 36.9 Å². The second kappa shape index (κ2) is 10.2. The fraction of sp³-hybridized carbons (Fsp3) is 0.136. The monoisotopic (exact) mass is 500 g/mol. The number of methoxy groups -OCH3 is 2. The smallest absolute Gasteiger partial charge is 0.337 e. The molecular weight excluding hydrogens is 484 g/mol. The van der Waals surface area contributed by atoms with Crippen LogP contribution in [-0.4, -0.2) is 37.9 Å². The Morgan fingerprint density at radius 1 is 1.29 bits per heavy atom. The van der Waals surface area contributed by atoms with Crippen LogP contribution in [0, 0.1) is 12.3 Å². The summed E-state index contributed by atoms with van der Waals surface area (Å²) < 4.78 is 16.2. The summed E-state index contributed by atoms with van der Waals surface area (Å²) in [5, 5.41) is 3.16. The number of benzene rings is 2. The molecule has 2 aromatic rings. The topological polar surface area (TPSA) is 86.2 Å². The minimum absolute atomic E-state index is 0.105. The maximum absolute atomic E-state index is 12.4. The normalized spacial score (nSPS) is 15.5. The van der Waals surface area contributed by atoms with E-state index in [9.17, 15) is 9.59 Å². The molecule has 3 rings (SSSR count). The highest BCUT2D eigenvalue weighted by atomic mass is 79.9. The van der Waals surface area contributed by atoms with E-state index in [0.29, 0.717) is 37.3 Å². The molecule has 0 bridgehead atoms. The van der Waals surface area contributed by atoms with Crippen LogP contribution in [-0.2, 0) is 9.53 Å². The first-order valence-electron chi connectivity index (χ1n) is 8.87. The van der Waals surface area contributed by atoms with Crippen molar-refractivity contribution >= 4 is 56.5 Å². The first-order valence-corrected chi connectivity index (χ1v) is 10.5. The third-order valence-electron chi connectivity index (χ3n) is 4.02. The molecule has 1 aliphatic rings. The zero-order chi connectivity index (χ0) is 22.4. The van der Waals surface area contributed by atoms with E-state index in [0.717, 1.165) is 5.56 Å². The Balaban J connectivity index is 1.81. The lowest BCUT2D eigenvalue weighted by atomic mass is 10.2.